The first-order chi connectivity index (χ1) is 12.2. The molecule has 1 amide bonds. The number of nitrogens with zero attached hydrogens (tertiary/aromatic N) is 1. The molecule has 1 fully saturated rings. The number of benzene rings is 2. The molecule has 2 aromatic carbocycles. The minimum absolute atomic E-state index is 0.230. The second kappa shape index (κ2) is 6.62. The Morgan fingerprint density at radius 1 is 1.20 bits per heavy atom. The van der Waals surface area contributed by atoms with Crippen LogP contribution in [0.4, 0.5) is 10.1 Å². The number of rotatable bonds is 3. The van der Waals surface area contributed by atoms with Crippen LogP contribution in [0.1, 0.15) is 0 Å². The van der Waals surface area contributed by atoms with Gasteiger partial charge in [0, 0.05) is 11.3 Å². The highest BCUT2D eigenvalue weighted by Crippen LogP contribution is 2.22. The number of aromatic nitrogens is 2. The quantitative estimate of drug-likeness (QED) is 0.768. The molecule has 25 heavy (non-hydrogen) atoms. The Morgan fingerprint density at radius 3 is 2.80 bits per heavy atom. The average Bonchev–Trinajstić information content (AvgIpc) is 3.06. The number of carbonyl (C=O) groups is 1. The molecule has 128 valence electrons. The molecule has 1 aromatic heterocycles. The van der Waals surface area contributed by atoms with E-state index in [1.54, 1.807) is 18.2 Å². The smallest absolute Gasteiger partial charge is 0.255 e. The van der Waals surface area contributed by atoms with Gasteiger partial charge in [0.15, 0.2) is 6.10 Å². The molecule has 4 rings (SSSR count). The van der Waals surface area contributed by atoms with Crippen molar-refractivity contribution in [1.29, 1.82) is 0 Å². The van der Waals surface area contributed by atoms with Gasteiger partial charge in [-0.15, -0.1) is 0 Å². The lowest BCUT2D eigenvalue weighted by Gasteiger charge is -2.22. The molecule has 1 saturated heterocycles. The first kappa shape index (κ1) is 15.7. The minimum Gasteiger partial charge on any atom is -0.376 e. The predicted molar refractivity (Wildman–Crippen MR) is 90.7 cm³/mol. The molecule has 6 nitrogen and oxygen atoms in total. The maximum atomic E-state index is 13.3. The molecule has 0 spiro atoms. The van der Waals surface area contributed by atoms with Crippen molar-refractivity contribution in [1.82, 2.24) is 9.97 Å². The summed E-state index contributed by atoms with van der Waals surface area (Å²) in [6.45, 7) is 1.20. The Morgan fingerprint density at radius 2 is 2.04 bits per heavy atom. The maximum absolute atomic E-state index is 13.3. The van der Waals surface area contributed by atoms with E-state index in [0.717, 1.165) is 5.56 Å². The van der Waals surface area contributed by atoms with E-state index in [2.05, 4.69) is 15.3 Å². The normalized spacial score (nSPS) is 17.6. The fourth-order valence-corrected chi connectivity index (χ4v) is 2.69. The van der Waals surface area contributed by atoms with Crippen molar-refractivity contribution in [2.75, 3.05) is 25.1 Å². The molecule has 1 aliphatic rings. The number of H-pyrrole nitrogens is 1. The predicted octanol–water partition coefficient (Wildman–Crippen LogP) is 2.72. The van der Waals surface area contributed by atoms with E-state index in [9.17, 15) is 9.18 Å². The van der Waals surface area contributed by atoms with E-state index in [1.807, 2.05) is 12.1 Å². The van der Waals surface area contributed by atoms with Crippen LogP contribution in [0.5, 0.6) is 0 Å². The maximum Gasteiger partial charge on any atom is 0.255 e. The lowest BCUT2D eigenvalue weighted by Crippen LogP contribution is -2.39. The van der Waals surface area contributed by atoms with Crippen molar-refractivity contribution >= 4 is 22.6 Å². The SMILES string of the molecule is O=C(Nc1ccc(-c2nc3ccc(F)cc3[nH]2)cc1)C1COCCO1. The summed E-state index contributed by atoms with van der Waals surface area (Å²) in [4.78, 5) is 19.6. The van der Waals surface area contributed by atoms with E-state index >= 15 is 0 Å². The number of anilines is 1. The summed E-state index contributed by atoms with van der Waals surface area (Å²) < 4.78 is 23.9. The molecule has 0 radical (unpaired) electrons. The monoisotopic (exact) mass is 341 g/mol. The van der Waals surface area contributed by atoms with Crippen LogP contribution in [0, 0.1) is 5.82 Å². The Kier molecular flexibility index (Phi) is 4.17. The number of carbonyl (C=O) groups excluding carboxylic acids is 1. The van der Waals surface area contributed by atoms with Crippen LogP contribution >= 0.6 is 0 Å². The zero-order valence-electron chi connectivity index (χ0n) is 13.3. The number of imidazole rings is 1. The van der Waals surface area contributed by atoms with E-state index < -0.39 is 6.10 Å². The fourth-order valence-electron chi connectivity index (χ4n) is 2.69. The molecule has 7 heteroatoms. The van der Waals surface area contributed by atoms with Gasteiger partial charge in [-0.1, -0.05) is 0 Å². The van der Waals surface area contributed by atoms with Crippen molar-refractivity contribution in [2.45, 2.75) is 6.10 Å². The van der Waals surface area contributed by atoms with Gasteiger partial charge in [-0.25, -0.2) is 9.37 Å². The van der Waals surface area contributed by atoms with E-state index in [0.29, 0.717) is 35.8 Å². The zero-order chi connectivity index (χ0) is 17.2. The van der Waals surface area contributed by atoms with Gasteiger partial charge < -0.3 is 19.8 Å². The molecular formula is C18H16FN3O3. The van der Waals surface area contributed by atoms with Crippen molar-refractivity contribution in [3.05, 3.63) is 48.3 Å². The summed E-state index contributed by atoms with van der Waals surface area (Å²) in [7, 11) is 0. The lowest BCUT2D eigenvalue weighted by molar-refractivity contribution is -0.142. The molecule has 2 heterocycles. The van der Waals surface area contributed by atoms with Gasteiger partial charge in [0.1, 0.15) is 11.6 Å². The average molecular weight is 341 g/mol. The van der Waals surface area contributed by atoms with Crippen molar-refractivity contribution in [2.24, 2.45) is 0 Å². The Bertz CT molecular complexity index is 902. The number of fused-ring (bicyclic) bond motifs is 1. The fraction of sp³-hybridized carbons (Fsp3) is 0.222. The lowest BCUT2D eigenvalue weighted by atomic mass is 10.2. The van der Waals surface area contributed by atoms with Crippen LogP contribution in [-0.2, 0) is 14.3 Å². The third-order valence-corrected chi connectivity index (χ3v) is 3.98. The summed E-state index contributed by atoms with van der Waals surface area (Å²) in [5, 5.41) is 2.80. The molecule has 2 N–H and O–H groups in total. The molecular weight excluding hydrogens is 325 g/mol. The number of amides is 1. The van der Waals surface area contributed by atoms with Gasteiger partial charge in [-0.3, -0.25) is 4.79 Å². The highest BCUT2D eigenvalue weighted by Gasteiger charge is 2.22. The summed E-state index contributed by atoms with van der Waals surface area (Å²) in [5.41, 5.74) is 2.84. The summed E-state index contributed by atoms with van der Waals surface area (Å²) >= 11 is 0. The second-order valence-corrected chi connectivity index (χ2v) is 5.75. The van der Waals surface area contributed by atoms with Gasteiger partial charge in [-0.2, -0.15) is 0 Å². The summed E-state index contributed by atoms with van der Waals surface area (Å²) in [6.07, 6.45) is -0.585. The largest absolute Gasteiger partial charge is 0.376 e. The Balaban J connectivity index is 1.49. The second-order valence-electron chi connectivity index (χ2n) is 5.75. The topological polar surface area (TPSA) is 76.2 Å². The third kappa shape index (κ3) is 3.38. The van der Waals surface area contributed by atoms with Crippen molar-refractivity contribution < 1.29 is 18.7 Å². The van der Waals surface area contributed by atoms with Gasteiger partial charge in [0.05, 0.1) is 30.9 Å². The highest BCUT2D eigenvalue weighted by atomic mass is 19.1. The molecule has 1 atom stereocenters. The number of ether oxygens (including phenoxy) is 2. The highest BCUT2D eigenvalue weighted by molar-refractivity contribution is 5.94. The van der Waals surface area contributed by atoms with Crippen LogP contribution < -0.4 is 5.32 Å². The van der Waals surface area contributed by atoms with Crippen molar-refractivity contribution in [3.8, 4) is 11.4 Å². The summed E-state index contributed by atoms with van der Waals surface area (Å²) in [5.74, 6) is 0.101. The standard InChI is InChI=1S/C18H16FN3O3/c19-12-3-6-14-15(9-12)22-17(21-14)11-1-4-13(5-2-11)20-18(23)16-10-24-7-8-25-16/h1-6,9,16H,7-8,10H2,(H,20,23)(H,21,22). The molecule has 0 bridgehead atoms. The molecule has 1 aliphatic heterocycles. The molecule has 0 saturated carbocycles. The molecule has 3 aromatic rings. The number of hydrogen-bond acceptors (Lipinski definition) is 4. The number of aromatic amines is 1. The van der Waals surface area contributed by atoms with Crippen LogP contribution in [0.15, 0.2) is 42.5 Å². The minimum atomic E-state index is -0.585. The Labute approximate surface area is 143 Å². The van der Waals surface area contributed by atoms with Crippen LogP contribution in [0.25, 0.3) is 22.4 Å². The molecule has 0 aliphatic carbocycles. The number of hydrogen-bond donors (Lipinski definition) is 2. The van der Waals surface area contributed by atoms with Gasteiger partial charge in [-0.05, 0) is 42.5 Å². The van der Waals surface area contributed by atoms with E-state index in [-0.39, 0.29) is 18.3 Å². The van der Waals surface area contributed by atoms with Crippen LogP contribution in [0.2, 0.25) is 0 Å². The number of halogens is 1. The first-order valence-electron chi connectivity index (χ1n) is 7.95. The third-order valence-electron chi connectivity index (χ3n) is 3.98. The van der Waals surface area contributed by atoms with Gasteiger partial charge in [0.2, 0.25) is 0 Å². The first-order valence-corrected chi connectivity index (χ1v) is 7.95. The van der Waals surface area contributed by atoms with Gasteiger partial charge >= 0.3 is 0 Å². The van der Waals surface area contributed by atoms with Crippen molar-refractivity contribution in [3.63, 3.8) is 0 Å². The Hall–Kier alpha value is -2.77. The molecule has 1 unspecified atom stereocenters. The van der Waals surface area contributed by atoms with E-state index in [1.165, 1.54) is 12.1 Å². The van der Waals surface area contributed by atoms with Crippen LogP contribution in [-0.4, -0.2) is 41.8 Å². The van der Waals surface area contributed by atoms with Crippen LogP contribution in [0.3, 0.4) is 0 Å². The number of nitrogens with one attached hydrogen (secondary N) is 2. The zero-order valence-corrected chi connectivity index (χ0v) is 13.3. The van der Waals surface area contributed by atoms with Gasteiger partial charge in [0.25, 0.3) is 5.91 Å². The van der Waals surface area contributed by atoms with E-state index in [4.69, 9.17) is 9.47 Å². The summed E-state index contributed by atoms with van der Waals surface area (Å²) in [6, 6.07) is 11.7.